The number of carbonyl (C=O) groups is 2. The number of rotatable bonds is 7. The molecule has 2 aromatic carbocycles. The number of hydrogen-bond acceptors (Lipinski definition) is 3. The number of esters is 1. The lowest BCUT2D eigenvalue weighted by Gasteiger charge is -2.14. The Labute approximate surface area is 143 Å². The Morgan fingerprint density at radius 2 is 1.67 bits per heavy atom. The Bertz CT molecular complexity index is 717. The van der Waals surface area contributed by atoms with Gasteiger partial charge in [0.1, 0.15) is 11.7 Å². The number of ether oxygens (including phenoxy) is 1. The predicted octanol–water partition coefficient (Wildman–Crippen LogP) is 4.17. The Balaban J connectivity index is 2.23. The summed E-state index contributed by atoms with van der Waals surface area (Å²) in [5, 5.41) is 0. The van der Waals surface area contributed by atoms with E-state index >= 15 is 0 Å². The SMILES string of the molecule is CCOC(=O)C(Cc1ccccc1/C=C/c1ccccc1)C(C)=O. The van der Waals surface area contributed by atoms with E-state index in [2.05, 4.69) is 0 Å². The molecule has 3 heteroatoms. The normalized spacial score (nSPS) is 12.1. The summed E-state index contributed by atoms with van der Waals surface area (Å²) in [6.07, 6.45) is 4.38. The zero-order chi connectivity index (χ0) is 17.4. The first-order valence-corrected chi connectivity index (χ1v) is 8.10. The smallest absolute Gasteiger partial charge is 0.316 e. The third-order valence-corrected chi connectivity index (χ3v) is 3.80. The van der Waals surface area contributed by atoms with Crippen LogP contribution in [0.15, 0.2) is 54.6 Å². The minimum Gasteiger partial charge on any atom is -0.465 e. The maximum absolute atomic E-state index is 12.0. The molecule has 0 heterocycles. The molecule has 0 bridgehead atoms. The lowest BCUT2D eigenvalue weighted by molar-refractivity contribution is -0.151. The van der Waals surface area contributed by atoms with Crippen LogP contribution in [0.3, 0.4) is 0 Å². The van der Waals surface area contributed by atoms with Crippen LogP contribution < -0.4 is 0 Å². The molecular formula is C21H22O3. The summed E-state index contributed by atoms with van der Waals surface area (Å²) in [5.41, 5.74) is 3.05. The van der Waals surface area contributed by atoms with Gasteiger partial charge in [0.05, 0.1) is 6.61 Å². The minimum atomic E-state index is -0.753. The average Bonchev–Trinajstić information content (AvgIpc) is 2.59. The molecule has 24 heavy (non-hydrogen) atoms. The van der Waals surface area contributed by atoms with Crippen LogP contribution in [0.4, 0.5) is 0 Å². The highest BCUT2D eigenvalue weighted by molar-refractivity contribution is 5.98. The molecule has 3 nitrogen and oxygen atoms in total. The van der Waals surface area contributed by atoms with Crippen LogP contribution in [-0.4, -0.2) is 18.4 Å². The number of Topliss-reactive ketones (excluding diaryl/α,β-unsaturated/α-hetero) is 1. The molecule has 0 aliphatic carbocycles. The van der Waals surface area contributed by atoms with E-state index in [-0.39, 0.29) is 12.4 Å². The maximum atomic E-state index is 12.0. The summed E-state index contributed by atoms with van der Waals surface area (Å²) in [7, 11) is 0. The highest BCUT2D eigenvalue weighted by Crippen LogP contribution is 2.19. The van der Waals surface area contributed by atoms with E-state index < -0.39 is 11.9 Å². The molecular weight excluding hydrogens is 300 g/mol. The monoisotopic (exact) mass is 322 g/mol. The van der Waals surface area contributed by atoms with Crippen molar-refractivity contribution in [1.82, 2.24) is 0 Å². The molecule has 0 aliphatic rings. The van der Waals surface area contributed by atoms with Gasteiger partial charge in [0.15, 0.2) is 0 Å². The molecule has 0 aromatic heterocycles. The summed E-state index contributed by atoms with van der Waals surface area (Å²) in [5.74, 6) is -1.38. The lowest BCUT2D eigenvalue weighted by Crippen LogP contribution is -2.26. The van der Waals surface area contributed by atoms with Crippen molar-refractivity contribution in [3.8, 4) is 0 Å². The molecule has 2 rings (SSSR count). The zero-order valence-electron chi connectivity index (χ0n) is 14.1. The Morgan fingerprint density at radius 1 is 1.00 bits per heavy atom. The van der Waals surface area contributed by atoms with E-state index in [1.807, 2.05) is 66.7 Å². The van der Waals surface area contributed by atoms with Gasteiger partial charge in [-0.1, -0.05) is 66.7 Å². The first-order chi connectivity index (χ1) is 11.6. The van der Waals surface area contributed by atoms with Crippen LogP contribution in [0.2, 0.25) is 0 Å². The number of ketones is 1. The molecule has 1 unspecified atom stereocenters. The second-order valence-corrected chi connectivity index (χ2v) is 5.56. The van der Waals surface area contributed by atoms with Crippen molar-refractivity contribution in [3.05, 3.63) is 71.3 Å². The van der Waals surface area contributed by atoms with E-state index in [1.165, 1.54) is 6.92 Å². The van der Waals surface area contributed by atoms with Crippen LogP contribution in [0.25, 0.3) is 12.2 Å². The van der Waals surface area contributed by atoms with Crippen LogP contribution in [0.1, 0.15) is 30.5 Å². The summed E-state index contributed by atoms with van der Waals surface area (Å²) in [6, 6.07) is 17.8. The van der Waals surface area contributed by atoms with Gasteiger partial charge in [-0.3, -0.25) is 9.59 Å². The first-order valence-electron chi connectivity index (χ1n) is 8.10. The number of benzene rings is 2. The van der Waals surface area contributed by atoms with E-state index in [1.54, 1.807) is 6.92 Å². The van der Waals surface area contributed by atoms with E-state index in [4.69, 9.17) is 4.74 Å². The lowest BCUT2D eigenvalue weighted by atomic mass is 9.92. The van der Waals surface area contributed by atoms with E-state index in [0.717, 1.165) is 16.7 Å². The van der Waals surface area contributed by atoms with Gasteiger partial charge in [-0.05, 0) is 37.0 Å². The second-order valence-electron chi connectivity index (χ2n) is 5.56. The van der Waals surface area contributed by atoms with Gasteiger partial charge in [0.2, 0.25) is 0 Å². The van der Waals surface area contributed by atoms with Gasteiger partial charge in [-0.2, -0.15) is 0 Å². The second kappa shape index (κ2) is 8.82. The van der Waals surface area contributed by atoms with E-state index in [9.17, 15) is 9.59 Å². The van der Waals surface area contributed by atoms with Gasteiger partial charge in [0.25, 0.3) is 0 Å². The van der Waals surface area contributed by atoms with Crippen LogP contribution in [0.5, 0.6) is 0 Å². The number of hydrogen-bond donors (Lipinski definition) is 0. The predicted molar refractivity (Wildman–Crippen MR) is 96.3 cm³/mol. The number of carbonyl (C=O) groups excluding carboxylic acids is 2. The summed E-state index contributed by atoms with van der Waals surface area (Å²) in [6.45, 7) is 3.45. The fraction of sp³-hybridized carbons (Fsp3) is 0.238. The van der Waals surface area contributed by atoms with Crippen molar-refractivity contribution in [2.24, 2.45) is 5.92 Å². The van der Waals surface area contributed by atoms with Crippen molar-refractivity contribution in [3.63, 3.8) is 0 Å². The zero-order valence-corrected chi connectivity index (χ0v) is 14.1. The Hall–Kier alpha value is -2.68. The molecule has 0 saturated heterocycles. The van der Waals surface area contributed by atoms with Crippen LogP contribution >= 0.6 is 0 Å². The van der Waals surface area contributed by atoms with Crippen molar-refractivity contribution < 1.29 is 14.3 Å². The summed E-state index contributed by atoms with van der Waals surface area (Å²) in [4.78, 5) is 23.9. The molecule has 124 valence electrons. The maximum Gasteiger partial charge on any atom is 0.316 e. The molecule has 1 atom stereocenters. The van der Waals surface area contributed by atoms with Crippen molar-refractivity contribution in [1.29, 1.82) is 0 Å². The standard InChI is InChI=1S/C21H22O3/c1-3-24-21(23)20(16(2)22)15-19-12-8-7-11-18(19)14-13-17-9-5-4-6-10-17/h4-14,20H,3,15H2,1-2H3/b14-13+. The molecule has 0 N–H and O–H groups in total. The third kappa shape index (κ3) is 4.92. The van der Waals surface area contributed by atoms with Crippen molar-refractivity contribution in [2.75, 3.05) is 6.61 Å². The van der Waals surface area contributed by atoms with Crippen LogP contribution in [0, 0.1) is 5.92 Å². The average molecular weight is 322 g/mol. The molecule has 0 amide bonds. The molecule has 0 aliphatic heterocycles. The fourth-order valence-electron chi connectivity index (χ4n) is 2.49. The van der Waals surface area contributed by atoms with Gasteiger partial charge in [0, 0.05) is 0 Å². The molecule has 0 radical (unpaired) electrons. The Kier molecular flexibility index (Phi) is 6.50. The van der Waals surface area contributed by atoms with Gasteiger partial charge >= 0.3 is 5.97 Å². The van der Waals surface area contributed by atoms with E-state index in [0.29, 0.717) is 6.42 Å². The van der Waals surface area contributed by atoms with Crippen molar-refractivity contribution >= 4 is 23.9 Å². The van der Waals surface area contributed by atoms with Crippen LogP contribution in [-0.2, 0) is 20.7 Å². The molecule has 2 aromatic rings. The summed E-state index contributed by atoms with van der Waals surface area (Å²) < 4.78 is 5.03. The molecule has 0 saturated carbocycles. The highest BCUT2D eigenvalue weighted by atomic mass is 16.5. The van der Waals surface area contributed by atoms with Crippen molar-refractivity contribution in [2.45, 2.75) is 20.3 Å². The first kappa shape index (κ1) is 17.7. The molecule has 0 spiro atoms. The summed E-state index contributed by atoms with van der Waals surface area (Å²) >= 11 is 0. The minimum absolute atomic E-state index is 0.171. The van der Waals surface area contributed by atoms with Gasteiger partial charge < -0.3 is 4.74 Å². The fourth-order valence-corrected chi connectivity index (χ4v) is 2.49. The van der Waals surface area contributed by atoms with Gasteiger partial charge in [-0.15, -0.1) is 0 Å². The topological polar surface area (TPSA) is 43.4 Å². The van der Waals surface area contributed by atoms with Gasteiger partial charge in [-0.25, -0.2) is 0 Å². The quantitative estimate of drug-likeness (QED) is 0.436. The Morgan fingerprint density at radius 3 is 2.33 bits per heavy atom. The largest absolute Gasteiger partial charge is 0.465 e. The molecule has 0 fully saturated rings. The third-order valence-electron chi connectivity index (χ3n) is 3.80. The highest BCUT2D eigenvalue weighted by Gasteiger charge is 2.25.